The summed E-state index contributed by atoms with van der Waals surface area (Å²) < 4.78 is 0. The van der Waals surface area contributed by atoms with Crippen LogP contribution in [-0.4, -0.2) is 38.9 Å². The van der Waals surface area contributed by atoms with Crippen molar-refractivity contribution < 1.29 is 4.79 Å². The van der Waals surface area contributed by atoms with Crippen LogP contribution in [0, 0.1) is 20.8 Å². The number of aromatic nitrogens is 4. The number of carbonyl (C=O) groups excluding carboxylic acids is 1. The van der Waals surface area contributed by atoms with Gasteiger partial charge in [-0.05, 0) is 124 Å². The summed E-state index contributed by atoms with van der Waals surface area (Å²) in [5, 5.41) is 2.84. The van der Waals surface area contributed by atoms with Gasteiger partial charge in [0.05, 0.1) is 11.4 Å². The van der Waals surface area contributed by atoms with Gasteiger partial charge in [-0.3, -0.25) is 9.78 Å². The smallest absolute Gasteiger partial charge is 0.219 e. The van der Waals surface area contributed by atoms with Gasteiger partial charge in [0, 0.05) is 52.3 Å². The fraction of sp³-hybridized carbons (Fsp3) is 0.500. The van der Waals surface area contributed by atoms with Crippen LogP contribution in [0.4, 0.5) is 0 Å². The van der Waals surface area contributed by atoms with Crippen LogP contribution in [0.1, 0.15) is 123 Å². The molecule has 0 fully saturated rings. The first-order valence-corrected chi connectivity index (χ1v) is 17.0. The predicted molar refractivity (Wildman–Crippen MR) is 190 cm³/mol. The highest BCUT2D eigenvalue weighted by molar-refractivity contribution is 5.85. The highest BCUT2D eigenvalue weighted by Crippen LogP contribution is 2.31. The molecule has 3 aromatic heterocycles. The third kappa shape index (κ3) is 7.93. The average molecular weight is 611 g/mol. The molecule has 1 amide bonds. The van der Waals surface area contributed by atoms with Gasteiger partial charge in [0.15, 0.2) is 0 Å². The Kier molecular flexibility index (Phi) is 11.8. The molecule has 0 radical (unpaired) electrons. The van der Waals surface area contributed by atoms with Crippen LogP contribution in [0.3, 0.4) is 0 Å². The van der Waals surface area contributed by atoms with Crippen molar-refractivity contribution >= 4 is 39.6 Å². The van der Waals surface area contributed by atoms with Gasteiger partial charge in [0.25, 0.3) is 0 Å². The van der Waals surface area contributed by atoms with Crippen molar-refractivity contribution in [2.24, 2.45) is 5.73 Å². The van der Waals surface area contributed by atoms with Gasteiger partial charge in [0.1, 0.15) is 0 Å². The molecule has 7 heteroatoms. The third-order valence-corrected chi connectivity index (χ3v) is 9.33. The first-order chi connectivity index (χ1) is 21.6. The number of nitrogens with one attached hydrogen (secondary N) is 3. The number of aromatic amines is 2. The summed E-state index contributed by atoms with van der Waals surface area (Å²) in [7, 11) is 0. The number of allylic oxidation sites excluding steroid dienone is 1. The van der Waals surface area contributed by atoms with Gasteiger partial charge < -0.3 is 21.0 Å². The Morgan fingerprint density at radius 2 is 1.47 bits per heavy atom. The van der Waals surface area contributed by atoms with Gasteiger partial charge in [-0.25, -0.2) is 4.98 Å². The van der Waals surface area contributed by atoms with Crippen molar-refractivity contribution in [3.05, 3.63) is 68.8 Å². The van der Waals surface area contributed by atoms with Gasteiger partial charge in [-0.1, -0.05) is 40.5 Å². The van der Waals surface area contributed by atoms with Gasteiger partial charge in [-0.2, -0.15) is 0 Å². The highest BCUT2D eigenvalue weighted by Gasteiger charge is 2.20. The second-order valence-corrected chi connectivity index (χ2v) is 12.6. The van der Waals surface area contributed by atoms with Crippen molar-refractivity contribution in [2.45, 2.75) is 113 Å². The number of unbranched alkanes of at least 4 members (excludes halogenated alkanes) is 3. The monoisotopic (exact) mass is 610 g/mol. The fourth-order valence-corrected chi connectivity index (χ4v) is 6.34. The molecule has 3 aromatic rings. The normalized spacial score (nSPS) is 14.2. The molecule has 5 rings (SSSR count). The number of rotatable bonds is 9. The summed E-state index contributed by atoms with van der Waals surface area (Å²) in [6.45, 7) is 19.0. The Balaban J connectivity index is 0.000000328. The van der Waals surface area contributed by atoms with Crippen LogP contribution in [0.15, 0.2) is 18.2 Å². The molecule has 0 saturated heterocycles. The van der Waals surface area contributed by atoms with E-state index in [-0.39, 0.29) is 5.91 Å². The van der Waals surface area contributed by atoms with Gasteiger partial charge >= 0.3 is 0 Å². The molecular weight excluding hydrogens is 556 g/mol. The second kappa shape index (κ2) is 15.5. The number of aryl methyl sites for hydroxylation is 4. The number of carbonyl (C=O) groups is 1. The Morgan fingerprint density at radius 1 is 0.844 bits per heavy atom. The van der Waals surface area contributed by atoms with Crippen LogP contribution in [0.5, 0.6) is 0 Å². The van der Waals surface area contributed by atoms with E-state index in [0.29, 0.717) is 12.3 Å². The van der Waals surface area contributed by atoms with E-state index >= 15 is 0 Å². The summed E-state index contributed by atoms with van der Waals surface area (Å²) >= 11 is 0. The standard InChI is InChI=1S/C29H34N4.C9H20N2O/c1-8-20-18(6)27-14-29-21(9-2)17(5)26(32-29)12-22-15(3)10-24(30-22)19(7)25-11-16(4)23(31-25)13-28(20)33-27;1-2-9(12)11-8-6-4-3-5-7-10/h11-15,32-33H,8-10H2,1-7H3;2-8,10H2,1H3,(H,11,12). The molecule has 0 aliphatic carbocycles. The van der Waals surface area contributed by atoms with Crippen molar-refractivity contribution in [3.8, 4) is 0 Å². The number of hydrogen-bond acceptors (Lipinski definition) is 4. The highest BCUT2D eigenvalue weighted by atomic mass is 16.1. The summed E-state index contributed by atoms with van der Waals surface area (Å²) in [5.41, 5.74) is 22.2. The molecular formula is C38H54N6O. The summed E-state index contributed by atoms with van der Waals surface area (Å²) in [6.07, 6.45) is 10.2. The zero-order valence-electron chi connectivity index (χ0n) is 28.8. The molecule has 0 spiro atoms. The molecule has 1 atom stereocenters. The first-order valence-electron chi connectivity index (χ1n) is 17.0. The van der Waals surface area contributed by atoms with Crippen LogP contribution in [0.25, 0.3) is 33.7 Å². The average Bonchev–Trinajstić information content (AvgIpc) is 3.74. The zero-order valence-corrected chi connectivity index (χ0v) is 28.8. The molecule has 2 aliphatic heterocycles. The molecule has 8 bridgehead atoms. The van der Waals surface area contributed by atoms with Crippen LogP contribution < -0.4 is 11.1 Å². The van der Waals surface area contributed by atoms with Crippen molar-refractivity contribution in [2.75, 3.05) is 13.1 Å². The van der Waals surface area contributed by atoms with E-state index in [0.717, 1.165) is 73.5 Å². The minimum absolute atomic E-state index is 0.147. The quantitative estimate of drug-likeness (QED) is 0.183. The topological polar surface area (TPSA) is 112 Å². The molecule has 2 aliphatic rings. The van der Waals surface area contributed by atoms with E-state index < -0.39 is 0 Å². The Labute approximate surface area is 269 Å². The number of hydrogen-bond donors (Lipinski definition) is 4. The summed E-state index contributed by atoms with van der Waals surface area (Å²) in [6, 6.07) is 6.76. The predicted octanol–water partition coefficient (Wildman–Crippen LogP) is 8.30. The lowest BCUT2D eigenvalue weighted by Crippen LogP contribution is -2.23. The van der Waals surface area contributed by atoms with Crippen LogP contribution in [-0.2, 0) is 24.1 Å². The van der Waals surface area contributed by atoms with E-state index in [9.17, 15) is 4.79 Å². The van der Waals surface area contributed by atoms with Gasteiger partial charge in [-0.15, -0.1) is 0 Å². The number of nitrogens with zero attached hydrogens (tertiary/aromatic N) is 2. The van der Waals surface area contributed by atoms with E-state index in [1.165, 1.54) is 62.8 Å². The van der Waals surface area contributed by atoms with E-state index in [1.54, 1.807) is 0 Å². The number of fused-ring (bicyclic) bond motifs is 8. The minimum Gasteiger partial charge on any atom is -0.356 e. The van der Waals surface area contributed by atoms with E-state index in [1.807, 2.05) is 6.92 Å². The number of H-pyrrole nitrogens is 2. The van der Waals surface area contributed by atoms with E-state index in [4.69, 9.17) is 15.7 Å². The minimum atomic E-state index is 0.147. The fourth-order valence-electron chi connectivity index (χ4n) is 6.34. The lowest BCUT2D eigenvalue weighted by molar-refractivity contribution is -0.120. The van der Waals surface area contributed by atoms with Crippen molar-refractivity contribution in [1.82, 2.24) is 25.3 Å². The Bertz CT molecular complexity index is 1710. The Hall–Kier alpha value is -3.71. The summed E-state index contributed by atoms with van der Waals surface area (Å²) in [5.74, 6) is 0.543. The number of amides is 1. The maximum absolute atomic E-state index is 10.8. The zero-order chi connectivity index (χ0) is 32.7. The molecule has 7 nitrogen and oxygen atoms in total. The van der Waals surface area contributed by atoms with Crippen LogP contribution >= 0.6 is 0 Å². The second-order valence-electron chi connectivity index (χ2n) is 12.6. The SMILES string of the molecule is CCC(=O)NCCCCCCN.CCc1c(C)c2cc3[nH]c(cc4nc(c(C)c5nc(cc1[nH]2)C(C)=C5)CC4C)c(C)c3CC. The third-order valence-electron chi connectivity index (χ3n) is 9.33. The van der Waals surface area contributed by atoms with E-state index in [2.05, 4.69) is 88.0 Å². The van der Waals surface area contributed by atoms with Gasteiger partial charge in [0.2, 0.25) is 5.91 Å². The van der Waals surface area contributed by atoms with Crippen molar-refractivity contribution in [1.29, 1.82) is 0 Å². The number of nitrogens with two attached hydrogens (primary N) is 1. The molecule has 242 valence electrons. The first kappa shape index (κ1) is 34.2. The summed E-state index contributed by atoms with van der Waals surface area (Å²) in [4.78, 5) is 28.3. The lowest BCUT2D eigenvalue weighted by Gasteiger charge is -2.02. The Morgan fingerprint density at radius 3 is 2.09 bits per heavy atom. The molecule has 0 saturated carbocycles. The molecule has 0 aromatic carbocycles. The largest absolute Gasteiger partial charge is 0.356 e. The van der Waals surface area contributed by atoms with Crippen molar-refractivity contribution in [3.63, 3.8) is 0 Å². The van der Waals surface area contributed by atoms with Crippen LogP contribution in [0.2, 0.25) is 0 Å². The maximum Gasteiger partial charge on any atom is 0.219 e. The maximum atomic E-state index is 10.8. The lowest BCUT2D eigenvalue weighted by atomic mass is 10.0. The molecule has 5 N–H and O–H groups in total. The molecule has 1 unspecified atom stereocenters. The molecule has 45 heavy (non-hydrogen) atoms. The molecule has 5 heterocycles.